The van der Waals surface area contributed by atoms with Crippen molar-refractivity contribution in [3.05, 3.63) is 101 Å². The zero-order chi connectivity index (χ0) is 27.0. The highest BCUT2D eigenvalue weighted by molar-refractivity contribution is 7.22. The molecule has 0 aliphatic carbocycles. The molecule has 12 heteroatoms. The lowest BCUT2D eigenvalue weighted by molar-refractivity contribution is -0.0343. The van der Waals surface area contributed by atoms with E-state index in [-0.39, 0.29) is 18.0 Å². The Labute approximate surface area is 219 Å². The summed E-state index contributed by atoms with van der Waals surface area (Å²) < 4.78 is 36.4. The molecule has 0 bridgehead atoms. The molecule has 0 spiro atoms. The number of nitrogens with zero attached hydrogens (tertiary/aromatic N) is 5. The molecule has 2 N–H and O–H groups in total. The van der Waals surface area contributed by atoms with Crippen LogP contribution in [0.2, 0.25) is 0 Å². The number of methoxy groups -OCH3 is 1. The van der Waals surface area contributed by atoms with E-state index in [0.717, 1.165) is 22.6 Å². The van der Waals surface area contributed by atoms with Crippen LogP contribution in [0, 0.1) is 17.0 Å². The number of hydrogen-bond donors (Lipinski definition) is 2. The molecule has 2 atom stereocenters. The van der Waals surface area contributed by atoms with Gasteiger partial charge in [-0.2, -0.15) is 5.10 Å². The fraction of sp³-hybridized carbons (Fsp3) is 0.192. The van der Waals surface area contributed by atoms with Gasteiger partial charge in [0.2, 0.25) is 5.90 Å². The smallest absolute Gasteiger partial charge is 0.271 e. The third-order valence-electron chi connectivity index (χ3n) is 6.47. The van der Waals surface area contributed by atoms with Crippen LogP contribution in [0.5, 0.6) is 0 Å². The van der Waals surface area contributed by atoms with Gasteiger partial charge >= 0.3 is 0 Å². The normalized spacial score (nSPS) is 13.8. The van der Waals surface area contributed by atoms with E-state index in [1.807, 2.05) is 12.1 Å². The first kappa shape index (κ1) is 25.4. The molecule has 5 aromatic rings. The van der Waals surface area contributed by atoms with Crippen LogP contribution in [0.25, 0.3) is 20.7 Å². The molecule has 5 rings (SSSR count). The van der Waals surface area contributed by atoms with Gasteiger partial charge in [0.15, 0.2) is 0 Å². The first-order valence-electron chi connectivity index (χ1n) is 11.5. The standard InChI is InChI=1S/C26H22F2N6O3S/c1-15(26(36,11-33-13-30-12-32-33)19-8-7-18(27)9-20(19)28)34-14-31-21-10-22(38-23(21)25(34)35)16-3-5-17(6-4-16)24(29)37-2/h3-10,12-15,29,36H,11H2,1-2H3/t15-,26-/m1/s1. The Morgan fingerprint density at radius 2 is 1.95 bits per heavy atom. The van der Waals surface area contributed by atoms with Crippen LogP contribution < -0.4 is 5.56 Å². The average Bonchev–Trinajstić information content (AvgIpc) is 3.58. The maximum atomic E-state index is 14.9. The van der Waals surface area contributed by atoms with Crippen molar-refractivity contribution in [2.75, 3.05) is 7.11 Å². The van der Waals surface area contributed by atoms with Crippen LogP contribution in [-0.4, -0.2) is 42.4 Å². The number of hydrogen-bond acceptors (Lipinski definition) is 8. The molecule has 0 saturated carbocycles. The van der Waals surface area contributed by atoms with Crippen LogP contribution >= 0.6 is 11.3 Å². The summed E-state index contributed by atoms with van der Waals surface area (Å²) in [7, 11) is 1.43. The molecule has 0 aliphatic rings. The zero-order valence-electron chi connectivity index (χ0n) is 20.3. The van der Waals surface area contributed by atoms with Crippen molar-refractivity contribution in [3.8, 4) is 10.4 Å². The summed E-state index contributed by atoms with van der Waals surface area (Å²) in [6.07, 6.45) is 3.93. The summed E-state index contributed by atoms with van der Waals surface area (Å²) in [5.41, 5.74) is -0.701. The number of aliphatic hydroxyl groups is 1. The Morgan fingerprint density at radius 3 is 2.61 bits per heavy atom. The van der Waals surface area contributed by atoms with E-state index < -0.39 is 28.8 Å². The van der Waals surface area contributed by atoms with Crippen LogP contribution in [0.3, 0.4) is 0 Å². The fourth-order valence-corrected chi connectivity index (χ4v) is 5.37. The van der Waals surface area contributed by atoms with E-state index in [1.165, 1.54) is 46.7 Å². The van der Waals surface area contributed by atoms with E-state index in [9.17, 15) is 18.7 Å². The highest BCUT2D eigenvalue weighted by Crippen LogP contribution is 2.37. The van der Waals surface area contributed by atoms with E-state index >= 15 is 0 Å². The Morgan fingerprint density at radius 1 is 1.18 bits per heavy atom. The Kier molecular flexibility index (Phi) is 6.59. The predicted molar refractivity (Wildman–Crippen MR) is 138 cm³/mol. The van der Waals surface area contributed by atoms with Crippen molar-refractivity contribution >= 4 is 27.5 Å². The van der Waals surface area contributed by atoms with Gasteiger partial charge in [-0.3, -0.25) is 14.8 Å². The van der Waals surface area contributed by atoms with Gasteiger partial charge in [-0.05, 0) is 36.8 Å². The molecule has 194 valence electrons. The second kappa shape index (κ2) is 9.88. The van der Waals surface area contributed by atoms with Crippen LogP contribution in [0.15, 0.2) is 72.3 Å². The van der Waals surface area contributed by atoms with Gasteiger partial charge in [0, 0.05) is 22.1 Å². The number of fused-ring (bicyclic) bond motifs is 1. The molecule has 0 fully saturated rings. The maximum Gasteiger partial charge on any atom is 0.271 e. The lowest BCUT2D eigenvalue weighted by Crippen LogP contribution is -2.43. The molecule has 9 nitrogen and oxygen atoms in total. The van der Waals surface area contributed by atoms with Crippen molar-refractivity contribution in [1.29, 1.82) is 5.41 Å². The van der Waals surface area contributed by atoms with Gasteiger partial charge in [-0.15, -0.1) is 11.3 Å². The summed E-state index contributed by atoms with van der Waals surface area (Å²) in [5, 5.41) is 23.7. The van der Waals surface area contributed by atoms with E-state index in [0.29, 0.717) is 21.8 Å². The number of ether oxygens (including phenoxy) is 1. The van der Waals surface area contributed by atoms with E-state index in [4.69, 9.17) is 10.1 Å². The lowest BCUT2D eigenvalue weighted by Gasteiger charge is -2.35. The molecular weight excluding hydrogens is 514 g/mol. The summed E-state index contributed by atoms with van der Waals surface area (Å²) in [6.45, 7) is 1.31. The molecule has 3 aromatic heterocycles. The highest BCUT2D eigenvalue weighted by Gasteiger charge is 2.41. The molecule has 3 heterocycles. The number of nitrogens with one attached hydrogen (secondary N) is 1. The fourth-order valence-electron chi connectivity index (χ4n) is 4.32. The predicted octanol–water partition coefficient (Wildman–Crippen LogP) is 4.12. The minimum absolute atomic E-state index is 0.0439. The molecule has 0 saturated heterocycles. The van der Waals surface area contributed by atoms with Crippen molar-refractivity contribution in [2.45, 2.75) is 25.1 Å². The highest BCUT2D eigenvalue weighted by atomic mass is 32.1. The SMILES string of the molecule is COC(=N)c1ccc(-c2cc3ncn([C@H](C)[C@](O)(Cn4cncn4)c4ccc(F)cc4F)c(=O)c3s2)cc1. The third-order valence-corrected chi connectivity index (χ3v) is 7.64. The first-order chi connectivity index (χ1) is 18.2. The van der Waals surface area contributed by atoms with Gasteiger partial charge in [-0.25, -0.2) is 23.4 Å². The Balaban J connectivity index is 1.57. The Bertz CT molecular complexity index is 1680. The summed E-state index contributed by atoms with van der Waals surface area (Å²) in [4.78, 5) is 22.7. The summed E-state index contributed by atoms with van der Waals surface area (Å²) in [6, 6.07) is 10.8. The van der Waals surface area contributed by atoms with Crippen molar-refractivity contribution < 1.29 is 18.6 Å². The first-order valence-corrected chi connectivity index (χ1v) is 12.3. The van der Waals surface area contributed by atoms with Gasteiger partial charge in [0.05, 0.1) is 31.5 Å². The van der Waals surface area contributed by atoms with Crippen molar-refractivity contribution in [1.82, 2.24) is 24.3 Å². The molecule has 0 amide bonds. The van der Waals surface area contributed by atoms with Crippen LogP contribution in [0.4, 0.5) is 8.78 Å². The minimum Gasteiger partial charge on any atom is -0.481 e. The van der Waals surface area contributed by atoms with E-state index in [2.05, 4.69) is 15.1 Å². The largest absolute Gasteiger partial charge is 0.481 e. The molecule has 38 heavy (non-hydrogen) atoms. The number of aromatic nitrogens is 5. The Hall–Kier alpha value is -4.29. The second-order valence-corrected chi connectivity index (χ2v) is 9.76. The van der Waals surface area contributed by atoms with Gasteiger partial charge in [0.1, 0.15) is 34.6 Å². The summed E-state index contributed by atoms with van der Waals surface area (Å²) in [5.74, 6) is -1.70. The number of benzene rings is 2. The second-order valence-electron chi connectivity index (χ2n) is 8.71. The van der Waals surface area contributed by atoms with Crippen molar-refractivity contribution in [2.24, 2.45) is 0 Å². The van der Waals surface area contributed by atoms with Gasteiger partial charge in [-0.1, -0.05) is 18.2 Å². The number of halogens is 2. The van der Waals surface area contributed by atoms with Gasteiger partial charge < -0.3 is 9.84 Å². The molecule has 0 unspecified atom stereocenters. The lowest BCUT2D eigenvalue weighted by atomic mass is 9.86. The average molecular weight is 537 g/mol. The minimum atomic E-state index is -2.01. The van der Waals surface area contributed by atoms with Crippen molar-refractivity contribution in [3.63, 3.8) is 0 Å². The molecular formula is C26H22F2N6O3S. The van der Waals surface area contributed by atoms with Crippen LogP contribution in [-0.2, 0) is 16.9 Å². The molecule has 0 aliphatic heterocycles. The number of thiophene rings is 1. The topological polar surface area (TPSA) is 119 Å². The monoisotopic (exact) mass is 536 g/mol. The zero-order valence-corrected chi connectivity index (χ0v) is 21.1. The third kappa shape index (κ3) is 4.48. The molecule has 0 radical (unpaired) electrons. The molecule has 2 aromatic carbocycles. The number of rotatable bonds is 7. The van der Waals surface area contributed by atoms with Gasteiger partial charge in [0.25, 0.3) is 5.56 Å². The van der Waals surface area contributed by atoms with Crippen LogP contribution in [0.1, 0.15) is 24.1 Å². The van der Waals surface area contributed by atoms with E-state index in [1.54, 1.807) is 25.1 Å². The maximum absolute atomic E-state index is 14.9. The quantitative estimate of drug-likeness (QED) is 0.239. The summed E-state index contributed by atoms with van der Waals surface area (Å²) >= 11 is 1.23.